The van der Waals surface area contributed by atoms with Crippen LogP contribution in [-0.4, -0.2) is 12.2 Å². The van der Waals surface area contributed by atoms with Crippen molar-refractivity contribution in [2.24, 2.45) is 0 Å². The van der Waals surface area contributed by atoms with Crippen LogP contribution in [0.15, 0.2) is 28.9 Å². The summed E-state index contributed by atoms with van der Waals surface area (Å²) >= 11 is 11.9. The van der Waals surface area contributed by atoms with Crippen LogP contribution in [0.3, 0.4) is 0 Å². The summed E-state index contributed by atoms with van der Waals surface area (Å²) in [5.41, 5.74) is 1.76. The van der Waals surface area contributed by atoms with E-state index < -0.39 is 0 Å². The Labute approximate surface area is 103 Å². The molecule has 2 rings (SSSR count). The van der Waals surface area contributed by atoms with Crippen LogP contribution in [-0.2, 0) is 6.54 Å². The smallest absolute Gasteiger partial charge is 0.172 e. The number of hydrogen-bond acceptors (Lipinski definition) is 3. The van der Waals surface area contributed by atoms with Crippen molar-refractivity contribution in [1.29, 1.82) is 0 Å². The quantitative estimate of drug-likeness (QED) is 0.916. The molecular weight excluding hydrogens is 247 g/mol. The van der Waals surface area contributed by atoms with Crippen LogP contribution >= 0.6 is 23.2 Å². The van der Waals surface area contributed by atoms with Gasteiger partial charge in [-0.2, -0.15) is 0 Å². The zero-order valence-corrected chi connectivity index (χ0v) is 10.1. The van der Waals surface area contributed by atoms with Gasteiger partial charge in [-0.15, -0.1) is 0 Å². The standard InChI is InChI=1S/C11H10Cl2N2O/c1-14-5-7-6-15-16-11(7)9-3-2-8(12)4-10(9)13/h2-4,6,14H,5H2,1H3. The van der Waals surface area contributed by atoms with Crippen LogP contribution in [0.4, 0.5) is 0 Å². The summed E-state index contributed by atoms with van der Waals surface area (Å²) in [6, 6.07) is 5.28. The molecule has 0 amide bonds. The van der Waals surface area contributed by atoms with Crippen LogP contribution in [0.5, 0.6) is 0 Å². The van der Waals surface area contributed by atoms with Crippen molar-refractivity contribution >= 4 is 23.2 Å². The predicted molar refractivity (Wildman–Crippen MR) is 64.7 cm³/mol. The van der Waals surface area contributed by atoms with Crippen LogP contribution in [0.25, 0.3) is 11.3 Å². The lowest BCUT2D eigenvalue weighted by Gasteiger charge is -2.03. The van der Waals surface area contributed by atoms with Gasteiger partial charge in [0.05, 0.1) is 11.2 Å². The fourth-order valence-corrected chi connectivity index (χ4v) is 1.97. The van der Waals surface area contributed by atoms with Gasteiger partial charge in [0.25, 0.3) is 0 Å². The highest BCUT2D eigenvalue weighted by Crippen LogP contribution is 2.32. The second kappa shape index (κ2) is 4.87. The summed E-state index contributed by atoms with van der Waals surface area (Å²) in [4.78, 5) is 0. The average molecular weight is 257 g/mol. The zero-order chi connectivity index (χ0) is 11.5. The summed E-state index contributed by atoms with van der Waals surface area (Å²) in [5, 5.41) is 7.97. The summed E-state index contributed by atoms with van der Waals surface area (Å²) in [7, 11) is 1.86. The van der Waals surface area contributed by atoms with Gasteiger partial charge in [0.1, 0.15) is 0 Å². The highest BCUT2D eigenvalue weighted by atomic mass is 35.5. The van der Waals surface area contributed by atoms with E-state index >= 15 is 0 Å². The molecule has 1 aromatic carbocycles. The number of rotatable bonds is 3. The molecule has 1 heterocycles. The number of halogens is 2. The van der Waals surface area contributed by atoms with Gasteiger partial charge in [-0.25, -0.2) is 0 Å². The van der Waals surface area contributed by atoms with Crippen molar-refractivity contribution < 1.29 is 4.52 Å². The summed E-state index contributed by atoms with van der Waals surface area (Å²) in [5.74, 6) is 0.677. The summed E-state index contributed by atoms with van der Waals surface area (Å²) in [6.45, 7) is 0.678. The Morgan fingerprint density at radius 1 is 1.38 bits per heavy atom. The van der Waals surface area contributed by atoms with Crippen molar-refractivity contribution in [3.05, 3.63) is 40.0 Å². The molecular formula is C11H10Cl2N2O. The highest BCUT2D eigenvalue weighted by molar-refractivity contribution is 6.36. The van der Waals surface area contributed by atoms with Gasteiger partial charge >= 0.3 is 0 Å². The summed E-state index contributed by atoms with van der Waals surface area (Å²) in [6.07, 6.45) is 1.68. The van der Waals surface area contributed by atoms with Gasteiger partial charge < -0.3 is 9.84 Å². The Kier molecular flexibility index (Phi) is 3.49. The highest BCUT2D eigenvalue weighted by Gasteiger charge is 2.13. The van der Waals surface area contributed by atoms with Crippen molar-refractivity contribution in [2.45, 2.75) is 6.54 Å². The van der Waals surface area contributed by atoms with E-state index in [-0.39, 0.29) is 0 Å². The molecule has 0 spiro atoms. The molecule has 0 fully saturated rings. The molecule has 0 unspecified atom stereocenters. The van der Waals surface area contributed by atoms with Crippen LogP contribution < -0.4 is 5.32 Å². The molecule has 5 heteroatoms. The number of nitrogens with one attached hydrogen (secondary N) is 1. The molecule has 2 aromatic rings. The lowest BCUT2D eigenvalue weighted by atomic mass is 10.1. The molecule has 0 aliphatic heterocycles. The van der Waals surface area contributed by atoms with Gasteiger partial charge in [0, 0.05) is 22.7 Å². The van der Waals surface area contributed by atoms with Crippen molar-refractivity contribution in [2.75, 3.05) is 7.05 Å². The largest absolute Gasteiger partial charge is 0.356 e. The predicted octanol–water partition coefficient (Wildman–Crippen LogP) is 3.37. The summed E-state index contributed by atoms with van der Waals surface area (Å²) < 4.78 is 5.21. The molecule has 0 bridgehead atoms. The Bertz CT molecular complexity index is 496. The molecule has 16 heavy (non-hydrogen) atoms. The fraction of sp³-hybridized carbons (Fsp3) is 0.182. The molecule has 0 aliphatic rings. The minimum absolute atomic E-state index is 0.557. The molecule has 0 saturated carbocycles. The topological polar surface area (TPSA) is 38.1 Å². The molecule has 0 radical (unpaired) electrons. The van der Waals surface area contributed by atoms with E-state index in [9.17, 15) is 0 Å². The normalized spacial score (nSPS) is 10.7. The monoisotopic (exact) mass is 256 g/mol. The number of hydrogen-bond donors (Lipinski definition) is 1. The van der Waals surface area contributed by atoms with Crippen molar-refractivity contribution in [3.8, 4) is 11.3 Å². The van der Waals surface area contributed by atoms with Gasteiger partial charge in [-0.3, -0.25) is 0 Å². The van der Waals surface area contributed by atoms with E-state index in [1.54, 1.807) is 18.3 Å². The molecule has 1 aromatic heterocycles. The van der Waals surface area contributed by atoms with E-state index in [0.717, 1.165) is 11.1 Å². The van der Waals surface area contributed by atoms with Crippen LogP contribution in [0, 0.1) is 0 Å². The molecule has 0 atom stereocenters. The third kappa shape index (κ3) is 2.21. The van der Waals surface area contributed by atoms with Crippen LogP contribution in [0.1, 0.15) is 5.56 Å². The minimum Gasteiger partial charge on any atom is -0.356 e. The number of nitrogens with zero attached hydrogens (tertiary/aromatic N) is 1. The maximum absolute atomic E-state index is 6.10. The Hall–Kier alpha value is -1.03. The van der Waals surface area contributed by atoms with E-state index in [4.69, 9.17) is 27.7 Å². The van der Waals surface area contributed by atoms with E-state index in [1.165, 1.54) is 0 Å². The first-order valence-corrected chi connectivity index (χ1v) is 5.51. The second-order valence-electron chi connectivity index (χ2n) is 3.33. The first-order chi connectivity index (χ1) is 7.72. The molecule has 0 saturated heterocycles. The lowest BCUT2D eigenvalue weighted by Crippen LogP contribution is -2.04. The fourth-order valence-electron chi connectivity index (χ4n) is 1.47. The maximum atomic E-state index is 6.10. The number of aromatic nitrogens is 1. The maximum Gasteiger partial charge on any atom is 0.172 e. The van der Waals surface area contributed by atoms with Gasteiger partial charge in [-0.05, 0) is 25.2 Å². The van der Waals surface area contributed by atoms with Crippen molar-refractivity contribution in [3.63, 3.8) is 0 Å². The average Bonchev–Trinajstić information content (AvgIpc) is 2.67. The van der Waals surface area contributed by atoms with E-state index in [2.05, 4.69) is 10.5 Å². The Morgan fingerprint density at radius 2 is 2.19 bits per heavy atom. The lowest BCUT2D eigenvalue weighted by molar-refractivity contribution is 0.431. The minimum atomic E-state index is 0.557. The first kappa shape index (κ1) is 11.5. The third-order valence-electron chi connectivity index (χ3n) is 2.19. The first-order valence-electron chi connectivity index (χ1n) is 4.76. The van der Waals surface area contributed by atoms with Gasteiger partial charge in [-0.1, -0.05) is 28.4 Å². The Balaban J connectivity index is 2.46. The van der Waals surface area contributed by atoms with Gasteiger partial charge in [0.15, 0.2) is 5.76 Å². The SMILES string of the molecule is CNCc1cnoc1-c1ccc(Cl)cc1Cl. The van der Waals surface area contributed by atoms with Crippen molar-refractivity contribution in [1.82, 2.24) is 10.5 Å². The zero-order valence-electron chi connectivity index (χ0n) is 8.63. The molecule has 3 nitrogen and oxygen atoms in total. The van der Waals surface area contributed by atoms with E-state index in [0.29, 0.717) is 22.4 Å². The molecule has 84 valence electrons. The molecule has 1 N–H and O–H groups in total. The van der Waals surface area contributed by atoms with Crippen LogP contribution in [0.2, 0.25) is 10.0 Å². The number of benzene rings is 1. The Morgan fingerprint density at radius 3 is 2.88 bits per heavy atom. The van der Waals surface area contributed by atoms with Gasteiger partial charge in [0.2, 0.25) is 0 Å². The third-order valence-corrected chi connectivity index (χ3v) is 2.73. The van der Waals surface area contributed by atoms with E-state index in [1.807, 2.05) is 13.1 Å². The molecule has 0 aliphatic carbocycles. The second-order valence-corrected chi connectivity index (χ2v) is 4.18.